The van der Waals surface area contributed by atoms with Crippen LogP contribution in [0.1, 0.15) is 12.8 Å². The van der Waals surface area contributed by atoms with Gasteiger partial charge in [0, 0.05) is 18.1 Å². The second kappa shape index (κ2) is 7.02. The summed E-state index contributed by atoms with van der Waals surface area (Å²) in [7, 11) is -1.85. The molecule has 1 N–H and O–H groups in total. The van der Waals surface area contributed by atoms with Gasteiger partial charge in [0.2, 0.25) is 10.0 Å². The largest absolute Gasteiger partial charge is 0.319 e. The van der Waals surface area contributed by atoms with Crippen LogP contribution in [-0.4, -0.2) is 39.4 Å². The number of nitrogens with one attached hydrogen (secondary N) is 1. The normalized spacial score (nSPS) is 20.7. The first kappa shape index (κ1) is 17.3. The Bertz CT molecular complexity index is 597. The first-order chi connectivity index (χ1) is 9.86. The van der Waals surface area contributed by atoms with Crippen LogP contribution in [0.15, 0.2) is 17.0 Å². The molecule has 0 bridgehead atoms. The standard InChI is InChI=1S/C13H17Cl3N2O2S/c1-17-7-9-3-2-4-18(8-9)21(19,20)13-11(15)5-10(14)6-12(13)16/h5-6,9,17H,2-4,7-8H2,1H3. The highest BCUT2D eigenvalue weighted by Gasteiger charge is 2.33. The molecule has 8 heteroatoms. The summed E-state index contributed by atoms with van der Waals surface area (Å²) in [5.41, 5.74) is 0. The minimum atomic E-state index is -3.71. The molecule has 1 aliphatic rings. The molecule has 4 nitrogen and oxygen atoms in total. The van der Waals surface area contributed by atoms with Gasteiger partial charge < -0.3 is 5.32 Å². The molecule has 21 heavy (non-hydrogen) atoms. The highest BCUT2D eigenvalue weighted by atomic mass is 35.5. The van der Waals surface area contributed by atoms with Gasteiger partial charge in [-0.05, 0) is 44.5 Å². The van der Waals surface area contributed by atoms with Crippen LogP contribution in [0.3, 0.4) is 0 Å². The maximum absolute atomic E-state index is 12.8. The SMILES string of the molecule is CNCC1CCCN(S(=O)(=O)c2c(Cl)cc(Cl)cc2Cl)C1. The smallest absolute Gasteiger partial charge is 0.246 e. The van der Waals surface area contributed by atoms with Gasteiger partial charge in [-0.2, -0.15) is 4.31 Å². The van der Waals surface area contributed by atoms with E-state index in [-0.39, 0.29) is 14.9 Å². The lowest BCUT2D eigenvalue weighted by molar-refractivity contribution is 0.263. The molecule has 1 heterocycles. The minimum Gasteiger partial charge on any atom is -0.319 e. The van der Waals surface area contributed by atoms with Crippen LogP contribution in [0, 0.1) is 5.92 Å². The van der Waals surface area contributed by atoms with E-state index in [0.717, 1.165) is 19.4 Å². The van der Waals surface area contributed by atoms with Crippen molar-refractivity contribution in [2.24, 2.45) is 5.92 Å². The molecule has 1 aromatic carbocycles. The molecule has 118 valence electrons. The fourth-order valence-electron chi connectivity index (χ4n) is 2.60. The Morgan fingerprint density at radius 3 is 2.48 bits per heavy atom. The monoisotopic (exact) mass is 370 g/mol. The summed E-state index contributed by atoms with van der Waals surface area (Å²) >= 11 is 17.9. The molecule has 1 unspecified atom stereocenters. The van der Waals surface area contributed by atoms with Crippen molar-refractivity contribution in [3.63, 3.8) is 0 Å². The van der Waals surface area contributed by atoms with Crippen LogP contribution in [0.25, 0.3) is 0 Å². The zero-order valence-electron chi connectivity index (χ0n) is 11.6. The Balaban J connectivity index is 2.34. The van der Waals surface area contributed by atoms with Crippen molar-refractivity contribution in [3.05, 3.63) is 27.2 Å². The first-order valence-electron chi connectivity index (χ1n) is 6.65. The molecule has 1 aliphatic heterocycles. The van der Waals surface area contributed by atoms with Gasteiger partial charge in [0.05, 0.1) is 10.0 Å². The Labute approximate surface area is 140 Å². The first-order valence-corrected chi connectivity index (χ1v) is 9.23. The number of rotatable bonds is 4. The lowest BCUT2D eigenvalue weighted by atomic mass is 10.00. The van der Waals surface area contributed by atoms with E-state index < -0.39 is 10.0 Å². The summed E-state index contributed by atoms with van der Waals surface area (Å²) in [6.07, 6.45) is 1.84. The van der Waals surface area contributed by atoms with Crippen molar-refractivity contribution in [3.8, 4) is 0 Å². The molecule has 0 saturated carbocycles. The molecule has 1 fully saturated rings. The van der Waals surface area contributed by atoms with Gasteiger partial charge in [-0.15, -0.1) is 0 Å². The van der Waals surface area contributed by atoms with Crippen molar-refractivity contribution in [1.82, 2.24) is 9.62 Å². The Morgan fingerprint density at radius 2 is 1.90 bits per heavy atom. The van der Waals surface area contributed by atoms with Crippen LogP contribution in [0.5, 0.6) is 0 Å². The number of benzene rings is 1. The van der Waals surface area contributed by atoms with Crippen LogP contribution in [0.2, 0.25) is 15.1 Å². The lowest BCUT2D eigenvalue weighted by Crippen LogP contribution is -2.42. The molecule has 0 spiro atoms. The predicted octanol–water partition coefficient (Wildman–Crippen LogP) is 3.27. The van der Waals surface area contributed by atoms with Gasteiger partial charge in [-0.1, -0.05) is 34.8 Å². The van der Waals surface area contributed by atoms with E-state index in [2.05, 4.69) is 5.32 Å². The minimum absolute atomic E-state index is 0.0552. The van der Waals surface area contributed by atoms with Gasteiger partial charge in [0.25, 0.3) is 0 Å². The van der Waals surface area contributed by atoms with E-state index in [1.54, 1.807) is 0 Å². The lowest BCUT2D eigenvalue weighted by Gasteiger charge is -2.32. The van der Waals surface area contributed by atoms with Crippen LogP contribution in [-0.2, 0) is 10.0 Å². The molecule has 1 aromatic rings. The summed E-state index contributed by atoms with van der Waals surface area (Å²) in [6, 6.07) is 2.80. The van der Waals surface area contributed by atoms with E-state index in [1.165, 1.54) is 16.4 Å². The number of sulfonamides is 1. The van der Waals surface area contributed by atoms with Crippen molar-refractivity contribution >= 4 is 44.8 Å². The molecule has 2 rings (SSSR count). The summed E-state index contributed by atoms with van der Waals surface area (Å²) < 4.78 is 27.0. The maximum Gasteiger partial charge on any atom is 0.246 e. The van der Waals surface area contributed by atoms with E-state index in [9.17, 15) is 8.42 Å². The highest BCUT2D eigenvalue weighted by molar-refractivity contribution is 7.89. The van der Waals surface area contributed by atoms with Crippen LogP contribution >= 0.6 is 34.8 Å². The quantitative estimate of drug-likeness (QED) is 0.883. The molecule has 0 radical (unpaired) electrons. The fourth-order valence-corrected chi connectivity index (χ4v) is 5.65. The van der Waals surface area contributed by atoms with E-state index in [4.69, 9.17) is 34.8 Å². The maximum atomic E-state index is 12.8. The Hall–Kier alpha value is -0.0400. The van der Waals surface area contributed by atoms with Gasteiger partial charge in [-0.3, -0.25) is 0 Å². The number of hydrogen-bond acceptors (Lipinski definition) is 3. The van der Waals surface area contributed by atoms with Crippen molar-refractivity contribution in [1.29, 1.82) is 0 Å². The van der Waals surface area contributed by atoms with E-state index >= 15 is 0 Å². The van der Waals surface area contributed by atoms with Crippen LogP contribution < -0.4 is 5.32 Å². The van der Waals surface area contributed by atoms with Gasteiger partial charge in [0.1, 0.15) is 4.90 Å². The fraction of sp³-hybridized carbons (Fsp3) is 0.538. The topological polar surface area (TPSA) is 49.4 Å². The molecule has 0 amide bonds. The van der Waals surface area contributed by atoms with Gasteiger partial charge in [0.15, 0.2) is 0 Å². The van der Waals surface area contributed by atoms with Crippen molar-refractivity contribution in [2.75, 3.05) is 26.7 Å². The molecule has 1 atom stereocenters. The Morgan fingerprint density at radius 1 is 1.29 bits per heavy atom. The van der Waals surface area contributed by atoms with E-state index in [1.807, 2.05) is 7.05 Å². The van der Waals surface area contributed by atoms with E-state index in [0.29, 0.717) is 24.0 Å². The van der Waals surface area contributed by atoms with Gasteiger partial charge in [-0.25, -0.2) is 8.42 Å². The number of hydrogen-bond donors (Lipinski definition) is 1. The molecule has 0 aliphatic carbocycles. The number of halogens is 3. The summed E-state index contributed by atoms with van der Waals surface area (Å²) in [4.78, 5) is -0.0552. The highest BCUT2D eigenvalue weighted by Crippen LogP contribution is 2.35. The van der Waals surface area contributed by atoms with Crippen molar-refractivity contribution in [2.45, 2.75) is 17.7 Å². The molecular formula is C13H17Cl3N2O2S. The summed E-state index contributed by atoms with van der Waals surface area (Å²) in [5, 5.41) is 3.52. The number of piperidine rings is 1. The molecule has 1 saturated heterocycles. The third-order valence-corrected chi connectivity index (χ3v) is 6.54. The van der Waals surface area contributed by atoms with Crippen molar-refractivity contribution < 1.29 is 8.42 Å². The zero-order chi connectivity index (χ0) is 15.6. The third-order valence-electron chi connectivity index (χ3n) is 3.54. The predicted molar refractivity (Wildman–Crippen MR) is 86.9 cm³/mol. The second-order valence-corrected chi connectivity index (χ2v) is 8.25. The summed E-state index contributed by atoms with van der Waals surface area (Å²) in [6.45, 7) is 1.74. The van der Waals surface area contributed by atoms with Gasteiger partial charge >= 0.3 is 0 Å². The summed E-state index contributed by atoms with van der Waals surface area (Å²) in [5.74, 6) is 0.295. The third kappa shape index (κ3) is 3.84. The molecular weight excluding hydrogens is 355 g/mol. The zero-order valence-corrected chi connectivity index (χ0v) is 14.7. The average molecular weight is 372 g/mol. The average Bonchev–Trinajstić information content (AvgIpc) is 2.37. The van der Waals surface area contributed by atoms with Crippen LogP contribution in [0.4, 0.5) is 0 Å². The molecule has 0 aromatic heterocycles. The Kier molecular flexibility index (Phi) is 5.79. The number of nitrogens with zero attached hydrogens (tertiary/aromatic N) is 1. The second-order valence-electron chi connectivity index (χ2n) is 5.13.